The summed E-state index contributed by atoms with van der Waals surface area (Å²) in [5, 5.41) is 0. The van der Waals surface area contributed by atoms with E-state index in [1.54, 1.807) is 12.3 Å². The highest BCUT2D eigenvalue weighted by Gasteiger charge is 2.19. The van der Waals surface area contributed by atoms with Crippen LogP contribution in [0.25, 0.3) is 0 Å². The van der Waals surface area contributed by atoms with Crippen LogP contribution in [0.15, 0.2) is 17.2 Å². The van der Waals surface area contributed by atoms with Gasteiger partial charge in [0.15, 0.2) is 0 Å². The van der Waals surface area contributed by atoms with Gasteiger partial charge in [0.05, 0.1) is 4.90 Å². The Balaban J connectivity index is 1.96. The number of nitrogens with two attached hydrogens (primary N) is 1. The molecule has 0 spiro atoms. The fraction of sp³-hybridized carbons (Fsp3) is 0.692. The summed E-state index contributed by atoms with van der Waals surface area (Å²) < 4.78 is 34.2. The molecule has 2 heterocycles. The molecule has 6 nitrogen and oxygen atoms in total. The van der Waals surface area contributed by atoms with E-state index in [0.29, 0.717) is 30.4 Å². The van der Waals surface area contributed by atoms with Gasteiger partial charge < -0.3 is 15.0 Å². The van der Waals surface area contributed by atoms with Crippen LogP contribution in [0.5, 0.6) is 0 Å². The average Bonchev–Trinajstić information content (AvgIpc) is 3.07. The molecule has 0 saturated carbocycles. The van der Waals surface area contributed by atoms with E-state index in [4.69, 9.17) is 10.5 Å². The smallest absolute Gasteiger partial charge is 0.242 e. The summed E-state index contributed by atoms with van der Waals surface area (Å²) in [4.78, 5) is 0.294. The van der Waals surface area contributed by atoms with Gasteiger partial charge in [0, 0.05) is 44.7 Å². The standard InChI is InChI=1S/C13H23N3O3S/c1-2-16-9-13(7-12(16)8-14)20(17,18)15-5-3-11-4-6-19-10-11/h7,9,11,15H,2-6,8,10,14H2,1H3. The molecule has 1 aromatic rings. The molecule has 1 unspecified atom stereocenters. The van der Waals surface area contributed by atoms with Crippen molar-refractivity contribution < 1.29 is 13.2 Å². The van der Waals surface area contributed by atoms with E-state index in [-0.39, 0.29) is 0 Å². The summed E-state index contributed by atoms with van der Waals surface area (Å²) in [6.45, 7) is 4.99. The summed E-state index contributed by atoms with van der Waals surface area (Å²) in [6, 6.07) is 1.64. The van der Waals surface area contributed by atoms with Crippen molar-refractivity contribution in [3.8, 4) is 0 Å². The fourth-order valence-corrected chi connectivity index (χ4v) is 3.54. The molecule has 3 N–H and O–H groups in total. The van der Waals surface area contributed by atoms with Crippen molar-refractivity contribution in [2.45, 2.75) is 37.8 Å². The van der Waals surface area contributed by atoms with E-state index < -0.39 is 10.0 Å². The van der Waals surface area contributed by atoms with E-state index >= 15 is 0 Å². The minimum atomic E-state index is -3.44. The topological polar surface area (TPSA) is 86.3 Å². The Morgan fingerprint density at radius 3 is 2.90 bits per heavy atom. The van der Waals surface area contributed by atoms with Crippen molar-refractivity contribution in [2.75, 3.05) is 19.8 Å². The molecule has 1 aliphatic rings. The number of rotatable bonds is 7. The van der Waals surface area contributed by atoms with Gasteiger partial charge in [-0.05, 0) is 31.7 Å². The Labute approximate surface area is 120 Å². The highest BCUT2D eigenvalue weighted by atomic mass is 32.2. The van der Waals surface area contributed by atoms with E-state index in [1.807, 2.05) is 11.5 Å². The third-order valence-electron chi connectivity index (χ3n) is 3.69. The first-order chi connectivity index (χ1) is 9.56. The third kappa shape index (κ3) is 3.60. The molecule has 1 saturated heterocycles. The normalized spacial score (nSPS) is 19.6. The quantitative estimate of drug-likeness (QED) is 0.775. The zero-order valence-electron chi connectivity index (χ0n) is 11.8. The molecule has 0 radical (unpaired) electrons. The molecule has 0 aliphatic carbocycles. The highest BCUT2D eigenvalue weighted by Crippen LogP contribution is 2.17. The van der Waals surface area contributed by atoms with Crippen molar-refractivity contribution in [2.24, 2.45) is 11.7 Å². The summed E-state index contributed by atoms with van der Waals surface area (Å²) in [6.07, 6.45) is 3.48. The van der Waals surface area contributed by atoms with Crippen LogP contribution in [0.2, 0.25) is 0 Å². The lowest BCUT2D eigenvalue weighted by atomic mass is 10.1. The van der Waals surface area contributed by atoms with Gasteiger partial charge >= 0.3 is 0 Å². The van der Waals surface area contributed by atoms with Crippen molar-refractivity contribution in [3.63, 3.8) is 0 Å². The average molecular weight is 301 g/mol. The zero-order chi connectivity index (χ0) is 14.6. The molecule has 0 amide bonds. The Hall–Kier alpha value is -0.890. The first-order valence-corrected chi connectivity index (χ1v) is 8.51. The lowest BCUT2D eigenvalue weighted by Gasteiger charge is -2.08. The predicted molar refractivity (Wildman–Crippen MR) is 76.7 cm³/mol. The lowest BCUT2D eigenvalue weighted by molar-refractivity contribution is 0.184. The second-order valence-corrected chi connectivity index (χ2v) is 6.84. The van der Waals surface area contributed by atoms with Crippen molar-refractivity contribution in [1.29, 1.82) is 0 Å². The summed E-state index contributed by atoms with van der Waals surface area (Å²) in [5.74, 6) is 0.470. The summed E-state index contributed by atoms with van der Waals surface area (Å²) in [5.41, 5.74) is 6.45. The van der Waals surface area contributed by atoms with Crippen LogP contribution < -0.4 is 10.5 Å². The second kappa shape index (κ2) is 6.71. The van der Waals surface area contributed by atoms with Crippen LogP contribution in [0.4, 0.5) is 0 Å². The molecule has 0 bridgehead atoms. The Morgan fingerprint density at radius 2 is 2.35 bits per heavy atom. The number of aromatic nitrogens is 1. The number of hydrogen-bond donors (Lipinski definition) is 2. The van der Waals surface area contributed by atoms with E-state index in [9.17, 15) is 8.42 Å². The molecule has 1 aromatic heterocycles. The molecular formula is C13H23N3O3S. The number of aryl methyl sites for hydroxylation is 1. The molecule has 1 aliphatic heterocycles. The highest BCUT2D eigenvalue weighted by molar-refractivity contribution is 7.89. The maximum absolute atomic E-state index is 12.2. The first-order valence-electron chi connectivity index (χ1n) is 7.03. The van der Waals surface area contributed by atoms with Gasteiger partial charge in [0.1, 0.15) is 0 Å². The van der Waals surface area contributed by atoms with Gasteiger partial charge in [-0.2, -0.15) is 0 Å². The van der Waals surface area contributed by atoms with Crippen LogP contribution in [-0.2, 0) is 27.8 Å². The Morgan fingerprint density at radius 1 is 1.55 bits per heavy atom. The SMILES string of the molecule is CCn1cc(S(=O)(=O)NCCC2CCOC2)cc1CN. The molecule has 2 rings (SSSR count). The molecular weight excluding hydrogens is 278 g/mol. The van der Waals surface area contributed by atoms with E-state index in [0.717, 1.165) is 31.7 Å². The number of sulfonamides is 1. The van der Waals surface area contributed by atoms with Gasteiger partial charge in [-0.1, -0.05) is 0 Å². The lowest BCUT2D eigenvalue weighted by Crippen LogP contribution is -2.26. The van der Waals surface area contributed by atoms with Crippen LogP contribution in [0, 0.1) is 5.92 Å². The van der Waals surface area contributed by atoms with Crippen LogP contribution in [-0.4, -0.2) is 32.7 Å². The third-order valence-corrected chi connectivity index (χ3v) is 5.12. The number of nitrogens with one attached hydrogen (secondary N) is 1. The minimum absolute atomic E-state index is 0.294. The van der Waals surface area contributed by atoms with Crippen molar-refractivity contribution in [1.82, 2.24) is 9.29 Å². The number of hydrogen-bond acceptors (Lipinski definition) is 4. The zero-order valence-corrected chi connectivity index (χ0v) is 12.7. The molecule has 0 aromatic carbocycles. The number of nitrogens with zero attached hydrogens (tertiary/aromatic N) is 1. The minimum Gasteiger partial charge on any atom is -0.381 e. The van der Waals surface area contributed by atoms with Gasteiger partial charge in [0.2, 0.25) is 10.0 Å². The predicted octanol–water partition coefficient (Wildman–Crippen LogP) is 0.672. The molecule has 20 heavy (non-hydrogen) atoms. The number of ether oxygens (including phenoxy) is 1. The first kappa shape index (κ1) is 15.5. The Kier molecular flexibility index (Phi) is 5.20. The maximum Gasteiger partial charge on any atom is 0.242 e. The molecule has 1 fully saturated rings. The van der Waals surface area contributed by atoms with E-state index in [1.165, 1.54) is 0 Å². The second-order valence-electron chi connectivity index (χ2n) is 5.07. The molecule has 1 atom stereocenters. The van der Waals surface area contributed by atoms with Gasteiger partial charge in [-0.3, -0.25) is 0 Å². The summed E-state index contributed by atoms with van der Waals surface area (Å²) in [7, 11) is -3.44. The molecule has 7 heteroatoms. The molecule has 114 valence electrons. The summed E-state index contributed by atoms with van der Waals surface area (Å²) >= 11 is 0. The van der Waals surface area contributed by atoms with Gasteiger partial charge in [-0.15, -0.1) is 0 Å². The largest absolute Gasteiger partial charge is 0.381 e. The van der Waals surface area contributed by atoms with Crippen molar-refractivity contribution >= 4 is 10.0 Å². The fourth-order valence-electron chi connectivity index (χ4n) is 2.43. The van der Waals surface area contributed by atoms with Crippen LogP contribution in [0.3, 0.4) is 0 Å². The van der Waals surface area contributed by atoms with E-state index in [2.05, 4.69) is 4.72 Å². The van der Waals surface area contributed by atoms with Crippen LogP contribution in [0.1, 0.15) is 25.5 Å². The van der Waals surface area contributed by atoms with Crippen LogP contribution >= 0.6 is 0 Å². The van der Waals surface area contributed by atoms with Gasteiger partial charge in [0.25, 0.3) is 0 Å². The monoisotopic (exact) mass is 301 g/mol. The van der Waals surface area contributed by atoms with Gasteiger partial charge in [-0.25, -0.2) is 13.1 Å². The maximum atomic E-state index is 12.2. The Bertz CT molecular complexity index is 512. The van der Waals surface area contributed by atoms with Crippen molar-refractivity contribution in [3.05, 3.63) is 18.0 Å².